The molecule has 1 atom stereocenters. The predicted molar refractivity (Wildman–Crippen MR) is 100 cm³/mol. The van der Waals surface area contributed by atoms with E-state index in [1.54, 1.807) is 0 Å². The van der Waals surface area contributed by atoms with Crippen molar-refractivity contribution < 1.29 is 9.53 Å². The van der Waals surface area contributed by atoms with Crippen LogP contribution in [-0.4, -0.2) is 67.3 Å². The molecule has 0 spiro atoms. The minimum atomic E-state index is -0.425. The van der Waals surface area contributed by atoms with Crippen LogP contribution in [0.25, 0.3) is 0 Å². The molecule has 0 aromatic rings. The smallest absolute Gasteiger partial charge is 0.410 e. The zero-order chi connectivity index (χ0) is 18.0. The topological polar surface area (TPSA) is 44.8 Å². The van der Waals surface area contributed by atoms with E-state index in [2.05, 4.69) is 24.1 Å². The minimum Gasteiger partial charge on any atom is -0.444 e. The Hall–Kier alpha value is -0.810. The van der Waals surface area contributed by atoms with Gasteiger partial charge in [0.1, 0.15) is 5.60 Å². The molecule has 1 saturated heterocycles. The second-order valence-electron chi connectivity index (χ2n) is 7.98. The number of ether oxygens (including phenoxy) is 1. The lowest BCUT2D eigenvalue weighted by Crippen LogP contribution is -2.41. The van der Waals surface area contributed by atoms with Gasteiger partial charge in [-0.05, 0) is 65.6 Å². The second kappa shape index (κ2) is 10.9. The molecule has 142 valence electrons. The quantitative estimate of drug-likeness (QED) is 0.619. The lowest BCUT2D eigenvalue weighted by Gasteiger charge is -2.29. The Balaban J connectivity index is 2.37. The van der Waals surface area contributed by atoms with Gasteiger partial charge in [0, 0.05) is 26.2 Å². The lowest BCUT2D eigenvalue weighted by atomic mass is 10.1. The molecule has 0 bridgehead atoms. The number of likely N-dealkylation sites (tertiary alicyclic amines) is 1. The number of hydrogen-bond donors (Lipinski definition) is 1. The maximum absolute atomic E-state index is 12.4. The van der Waals surface area contributed by atoms with Crippen LogP contribution in [-0.2, 0) is 4.74 Å². The summed E-state index contributed by atoms with van der Waals surface area (Å²) in [5, 5.41) is 3.52. The molecule has 0 saturated carbocycles. The molecule has 0 aromatic heterocycles. The van der Waals surface area contributed by atoms with Crippen LogP contribution in [0.5, 0.6) is 0 Å². The highest BCUT2D eigenvalue weighted by Crippen LogP contribution is 2.16. The molecule has 5 heteroatoms. The van der Waals surface area contributed by atoms with Gasteiger partial charge in [0.2, 0.25) is 0 Å². The number of nitrogens with zero attached hydrogens (tertiary/aromatic N) is 2. The van der Waals surface area contributed by atoms with Crippen molar-refractivity contribution in [3.63, 3.8) is 0 Å². The van der Waals surface area contributed by atoms with Crippen molar-refractivity contribution in [2.24, 2.45) is 5.92 Å². The monoisotopic (exact) mass is 341 g/mol. The van der Waals surface area contributed by atoms with Crippen LogP contribution in [0.2, 0.25) is 0 Å². The third kappa shape index (κ3) is 8.88. The Kier molecular flexibility index (Phi) is 9.67. The molecule has 1 aliphatic heterocycles. The van der Waals surface area contributed by atoms with Crippen molar-refractivity contribution >= 4 is 6.09 Å². The zero-order valence-corrected chi connectivity index (χ0v) is 16.6. The largest absolute Gasteiger partial charge is 0.444 e. The van der Waals surface area contributed by atoms with E-state index in [1.807, 2.05) is 25.7 Å². The summed E-state index contributed by atoms with van der Waals surface area (Å²) in [5.41, 5.74) is -0.425. The molecule has 1 unspecified atom stereocenters. The number of rotatable bonds is 10. The number of amides is 1. The zero-order valence-electron chi connectivity index (χ0n) is 16.6. The Morgan fingerprint density at radius 2 is 2.00 bits per heavy atom. The van der Waals surface area contributed by atoms with Crippen molar-refractivity contribution in [3.8, 4) is 0 Å². The van der Waals surface area contributed by atoms with Gasteiger partial charge >= 0.3 is 6.09 Å². The van der Waals surface area contributed by atoms with Gasteiger partial charge in [-0.2, -0.15) is 0 Å². The SMILES string of the molecule is CCCCN(CCN1CCC(CNCCC)C1)C(=O)OC(C)(C)C. The van der Waals surface area contributed by atoms with Gasteiger partial charge in [-0.15, -0.1) is 0 Å². The molecular formula is C19H39N3O2. The molecule has 0 aromatic carbocycles. The first kappa shape index (κ1) is 21.2. The van der Waals surface area contributed by atoms with Gasteiger partial charge in [-0.25, -0.2) is 4.79 Å². The van der Waals surface area contributed by atoms with Crippen molar-refractivity contribution in [1.82, 2.24) is 15.1 Å². The summed E-state index contributed by atoms with van der Waals surface area (Å²) in [5.74, 6) is 0.752. The van der Waals surface area contributed by atoms with Crippen LogP contribution < -0.4 is 5.32 Å². The standard InChI is InChI=1S/C19H39N3O2/c1-6-8-11-22(18(23)24-19(3,4)5)14-13-21-12-9-17(16-21)15-20-10-7-2/h17,20H,6-16H2,1-5H3. The van der Waals surface area contributed by atoms with Gasteiger partial charge < -0.3 is 19.9 Å². The van der Waals surface area contributed by atoms with E-state index in [9.17, 15) is 4.79 Å². The second-order valence-corrected chi connectivity index (χ2v) is 7.98. The first-order valence-electron chi connectivity index (χ1n) is 9.76. The number of hydrogen-bond acceptors (Lipinski definition) is 4. The maximum atomic E-state index is 12.4. The minimum absolute atomic E-state index is 0.170. The fourth-order valence-electron chi connectivity index (χ4n) is 3.00. The molecule has 5 nitrogen and oxygen atoms in total. The molecule has 1 aliphatic rings. The number of nitrogens with one attached hydrogen (secondary N) is 1. The molecule has 1 fully saturated rings. The molecule has 0 aliphatic carbocycles. The van der Waals surface area contributed by atoms with Gasteiger partial charge in [-0.1, -0.05) is 20.3 Å². The van der Waals surface area contributed by atoms with Gasteiger partial charge in [0.15, 0.2) is 0 Å². The summed E-state index contributed by atoms with van der Waals surface area (Å²) in [7, 11) is 0. The van der Waals surface area contributed by atoms with Gasteiger partial charge in [-0.3, -0.25) is 0 Å². The van der Waals surface area contributed by atoms with E-state index in [-0.39, 0.29) is 6.09 Å². The summed E-state index contributed by atoms with van der Waals surface area (Å²) in [4.78, 5) is 16.8. The Morgan fingerprint density at radius 3 is 2.62 bits per heavy atom. The highest BCUT2D eigenvalue weighted by Gasteiger charge is 2.25. The molecule has 24 heavy (non-hydrogen) atoms. The van der Waals surface area contributed by atoms with Gasteiger partial charge in [0.25, 0.3) is 0 Å². The molecule has 1 rings (SSSR count). The average molecular weight is 342 g/mol. The van der Waals surface area contributed by atoms with Crippen molar-refractivity contribution in [2.45, 2.75) is 65.9 Å². The number of unbranched alkanes of at least 4 members (excludes halogenated alkanes) is 1. The Bertz CT molecular complexity index is 355. The predicted octanol–water partition coefficient (Wildman–Crippen LogP) is 3.35. The van der Waals surface area contributed by atoms with Crippen LogP contribution >= 0.6 is 0 Å². The van der Waals surface area contributed by atoms with Crippen molar-refractivity contribution in [2.75, 3.05) is 45.8 Å². The van der Waals surface area contributed by atoms with E-state index >= 15 is 0 Å². The summed E-state index contributed by atoms with van der Waals surface area (Å²) in [6.45, 7) is 17.2. The van der Waals surface area contributed by atoms with E-state index in [1.165, 1.54) is 12.8 Å². The number of carbonyl (C=O) groups is 1. The summed E-state index contributed by atoms with van der Waals surface area (Å²) in [6.07, 6.45) is 4.41. The third-order valence-electron chi connectivity index (χ3n) is 4.35. The van der Waals surface area contributed by atoms with Gasteiger partial charge in [0.05, 0.1) is 0 Å². The number of carbonyl (C=O) groups excluding carboxylic acids is 1. The fourth-order valence-corrected chi connectivity index (χ4v) is 3.00. The van der Waals surface area contributed by atoms with Crippen LogP contribution in [0.1, 0.15) is 60.3 Å². The van der Waals surface area contributed by atoms with E-state index < -0.39 is 5.60 Å². The molecule has 1 amide bonds. The van der Waals surface area contributed by atoms with Crippen LogP contribution in [0.15, 0.2) is 0 Å². The van der Waals surface area contributed by atoms with E-state index in [4.69, 9.17) is 4.74 Å². The van der Waals surface area contributed by atoms with Crippen molar-refractivity contribution in [1.29, 1.82) is 0 Å². The molecular weight excluding hydrogens is 302 g/mol. The Morgan fingerprint density at radius 1 is 1.25 bits per heavy atom. The van der Waals surface area contributed by atoms with E-state index in [0.717, 1.165) is 64.6 Å². The Labute approximate surface area is 149 Å². The molecule has 1 N–H and O–H groups in total. The first-order chi connectivity index (χ1) is 11.4. The van der Waals surface area contributed by atoms with E-state index in [0.29, 0.717) is 0 Å². The van der Waals surface area contributed by atoms with Crippen LogP contribution in [0, 0.1) is 5.92 Å². The van der Waals surface area contributed by atoms with Crippen molar-refractivity contribution in [3.05, 3.63) is 0 Å². The summed E-state index contributed by atoms with van der Waals surface area (Å²) < 4.78 is 5.56. The summed E-state index contributed by atoms with van der Waals surface area (Å²) >= 11 is 0. The highest BCUT2D eigenvalue weighted by molar-refractivity contribution is 5.68. The maximum Gasteiger partial charge on any atom is 0.410 e. The molecule has 1 heterocycles. The average Bonchev–Trinajstić information content (AvgIpc) is 2.93. The molecule has 0 radical (unpaired) electrons. The van der Waals surface area contributed by atoms with Crippen LogP contribution in [0.3, 0.4) is 0 Å². The first-order valence-corrected chi connectivity index (χ1v) is 9.76. The van der Waals surface area contributed by atoms with Crippen LogP contribution in [0.4, 0.5) is 4.79 Å². The normalized spacial score (nSPS) is 18.8. The highest BCUT2D eigenvalue weighted by atomic mass is 16.6. The third-order valence-corrected chi connectivity index (χ3v) is 4.35. The fraction of sp³-hybridized carbons (Fsp3) is 0.947. The summed E-state index contributed by atoms with van der Waals surface area (Å²) in [6, 6.07) is 0. The lowest BCUT2D eigenvalue weighted by molar-refractivity contribution is 0.0233.